The van der Waals surface area contributed by atoms with Crippen molar-refractivity contribution in [2.24, 2.45) is 5.73 Å². The summed E-state index contributed by atoms with van der Waals surface area (Å²) in [7, 11) is 0. The molecular formula is C21H31N3O6. The molecule has 1 amide bonds. The number of nitrogens with two attached hydrogens (primary N) is 1. The third-order valence-corrected chi connectivity index (χ3v) is 4.68. The SMILES string of the molecule is CC(N)OC(=O)CCCCCCCNC1COc2ccccc2N(CC(=O)O)C1=O. The lowest BCUT2D eigenvalue weighted by atomic mass is 10.1. The van der Waals surface area contributed by atoms with Crippen LogP contribution in [0.15, 0.2) is 24.3 Å². The summed E-state index contributed by atoms with van der Waals surface area (Å²) in [6.07, 6.45) is 4.26. The number of nitrogens with zero attached hydrogens (tertiary/aromatic N) is 1. The summed E-state index contributed by atoms with van der Waals surface area (Å²) in [5.74, 6) is -1.16. The zero-order valence-electron chi connectivity index (χ0n) is 17.3. The Bertz CT molecular complexity index is 724. The Hall–Kier alpha value is -2.65. The number of carboxylic acids is 1. The predicted octanol–water partition coefficient (Wildman–Crippen LogP) is 1.64. The van der Waals surface area contributed by atoms with Gasteiger partial charge in [0.2, 0.25) is 5.91 Å². The summed E-state index contributed by atoms with van der Waals surface area (Å²) < 4.78 is 10.6. The molecule has 30 heavy (non-hydrogen) atoms. The molecule has 166 valence electrons. The number of esters is 1. The molecule has 1 aromatic rings. The number of carbonyl (C=O) groups is 3. The van der Waals surface area contributed by atoms with Gasteiger partial charge in [0.15, 0.2) is 0 Å². The van der Waals surface area contributed by atoms with Crippen LogP contribution in [0, 0.1) is 0 Å². The Balaban J connectivity index is 1.72. The fourth-order valence-corrected chi connectivity index (χ4v) is 3.27. The zero-order valence-corrected chi connectivity index (χ0v) is 17.3. The maximum absolute atomic E-state index is 12.9. The van der Waals surface area contributed by atoms with Gasteiger partial charge in [0, 0.05) is 6.42 Å². The molecule has 0 saturated heterocycles. The number of fused-ring (bicyclic) bond motifs is 1. The van der Waals surface area contributed by atoms with E-state index in [4.69, 9.17) is 15.2 Å². The second-order valence-corrected chi connectivity index (χ2v) is 7.32. The van der Waals surface area contributed by atoms with Gasteiger partial charge in [-0.1, -0.05) is 31.4 Å². The van der Waals surface area contributed by atoms with Gasteiger partial charge in [0.05, 0.1) is 5.69 Å². The van der Waals surface area contributed by atoms with Crippen LogP contribution in [0.5, 0.6) is 5.75 Å². The first-order valence-electron chi connectivity index (χ1n) is 10.3. The lowest BCUT2D eigenvalue weighted by Gasteiger charge is -2.23. The highest BCUT2D eigenvalue weighted by molar-refractivity contribution is 6.02. The summed E-state index contributed by atoms with van der Waals surface area (Å²) in [4.78, 5) is 36.7. The van der Waals surface area contributed by atoms with E-state index in [0.717, 1.165) is 32.1 Å². The van der Waals surface area contributed by atoms with Gasteiger partial charge in [0.1, 0.15) is 31.2 Å². The van der Waals surface area contributed by atoms with E-state index in [9.17, 15) is 19.5 Å². The van der Waals surface area contributed by atoms with E-state index in [1.54, 1.807) is 31.2 Å². The number of rotatable bonds is 12. The lowest BCUT2D eigenvalue weighted by molar-refractivity contribution is -0.148. The molecule has 0 spiro atoms. The monoisotopic (exact) mass is 421 g/mol. The summed E-state index contributed by atoms with van der Waals surface area (Å²) in [6.45, 7) is 1.97. The van der Waals surface area contributed by atoms with Crippen molar-refractivity contribution in [3.8, 4) is 5.75 Å². The van der Waals surface area contributed by atoms with Gasteiger partial charge in [0.25, 0.3) is 0 Å². The second kappa shape index (κ2) is 12.1. The largest absolute Gasteiger partial charge is 0.489 e. The van der Waals surface area contributed by atoms with Crippen LogP contribution in [-0.2, 0) is 19.1 Å². The van der Waals surface area contributed by atoms with Crippen molar-refractivity contribution in [2.45, 2.75) is 57.7 Å². The normalized spacial score (nSPS) is 16.9. The first-order chi connectivity index (χ1) is 14.4. The van der Waals surface area contributed by atoms with Crippen molar-refractivity contribution in [3.63, 3.8) is 0 Å². The summed E-state index contributed by atoms with van der Waals surface area (Å²) in [5.41, 5.74) is 5.87. The van der Waals surface area contributed by atoms with Crippen LogP contribution < -0.4 is 20.7 Å². The Morgan fingerprint density at radius 2 is 1.97 bits per heavy atom. The molecule has 0 aliphatic carbocycles. The second-order valence-electron chi connectivity index (χ2n) is 7.32. The van der Waals surface area contributed by atoms with E-state index in [2.05, 4.69) is 5.32 Å². The Labute approximate surface area is 176 Å². The number of benzene rings is 1. The molecule has 0 bridgehead atoms. The molecule has 2 unspecified atom stereocenters. The number of anilines is 1. The summed E-state index contributed by atoms with van der Waals surface area (Å²) in [6, 6.07) is 6.33. The van der Waals surface area contributed by atoms with Gasteiger partial charge < -0.3 is 19.9 Å². The smallest absolute Gasteiger partial charge is 0.323 e. The van der Waals surface area contributed by atoms with Crippen LogP contribution in [0.25, 0.3) is 0 Å². The molecule has 2 rings (SSSR count). The van der Waals surface area contributed by atoms with Crippen LogP contribution in [0.3, 0.4) is 0 Å². The quantitative estimate of drug-likeness (QED) is 0.264. The Morgan fingerprint density at radius 1 is 1.27 bits per heavy atom. The Kier molecular flexibility index (Phi) is 9.56. The number of carboxylic acid groups (broad SMARTS) is 1. The molecule has 9 nitrogen and oxygen atoms in total. The molecule has 1 aliphatic rings. The number of unbranched alkanes of at least 4 members (excludes halogenated alkanes) is 4. The Morgan fingerprint density at radius 3 is 2.70 bits per heavy atom. The van der Waals surface area contributed by atoms with Crippen LogP contribution in [0.1, 0.15) is 45.4 Å². The number of carbonyl (C=O) groups excluding carboxylic acids is 2. The van der Waals surface area contributed by atoms with E-state index < -0.39 is 24.8 Å². The van der Waals surface area contributed by atoms with Gasteiger partial charge >= 0.3 is 11.9 Å². The third kappa shape index (κ3) is 7.64. The average molecular weight is 421 g/mol. The zero-order chi connectivity index (χ0) is 21.9. The standard InChI is InChI=1S/C21H31N3O6/c1-15(22)30-20(27)11-5-3-2-4-8-12-23-16-14-29-18-10-7-6-9-17(18)24(21(16)28)13-19(25)26/h6-7,9-10,15-16,23H,2-5,8,11-14,22H2,1H3,(H,25,26). The third-order valence-electron chi connectivity index (χ3n) is 4.68. The lowest BCUT2D eigenvalue weighted by Crippen LogP contribution is -2.50. The van der Waals surface area contributed by atoms with Crippen molar-refractivity contribution in [1.29, 1.82) is 0 Å². The molecule has 0 radical (unpaired) electrons. The highest BCUT2D eigenvalue weighted by atomic mass is 16.6. The molecule has 1 aromatic carbocycles. The molecule has 4 N–H and O–H groups in total. The number of amides is 1. The van der Waals surface area contributed by atoms with Gasteiger partial charge in [-0.3, -0.25) is 25.0 Å². The van der Waals surface area contributed by atoms with Crippen LogP contribution >= 0.6 is 0 Å². The van der Waals surface area contributed by atoms with Gasteiger partial charge in [-0.15, -0.1) is 0 Å². The molecule has 1 aliphatic heterocycles. The maximum Gasteiger partial charge on any atom is 0.323 e. The number of nitrogens with one attached hydrogen (secondary N) is 1. The molecule has 1 heterocycles. The van der Waals surface area contributed by atoms with Crippen LogP contribution in [-0.4, -0.2) is 54.9 Å². The number of hydrogen-bond acceptors (Lipinski definition) is 7. The van der Waals surface area contributed by atoms with E-state index >= 15 is 0 Å². The van der Waals surface area contributed by atoms with Gasteiger partial charge in [-0.2, -0.15) is 0 Å². The van der Waals surface area contributed by atoms with E-state index in [1.165, 1.54) is 4.90 Å². The van der Waals surface area contributed by atoms with E-state index in [0.29, 0.717) is 24.4 Å². The van der Waals surface area contributed by atoms with Crippen molar-refractivity contribution in [3.05, 3.63) is 24.3 Å². The first-order valence-corrected chi connectivity index (χ1v) is 10.3. The molecule has 0 fully saturated rings. The van der Waals surface area contributed by atoms with E-state index in [-0.39, 0.29) is 18.5 Å². The molecule has 2 atom stereocenters. The highest BCUT2D eigenvalue weighted by Gasteiger charge is 2.32. The van der Waals surface area contributed by atoms with Crippen LogP contribution in [0.4, 0.5) is 5.69 Å². The maximum atomic E-state index is 12.9. The van der Waals surface area contributed by atoms with Gasteiger partial charge in [-0.05, 0) is 38.4 Å². The first kappa shape index (κ1) is 23.6. The summed E-state index contributed by atoms with van der Waals surface area (Å²) >= 11 is 0. The topological polar surface area (TPSA) is 131 Å². The fourth-order valence-electron chi connectivity index (χ4n) is 3.27. The van der Waals surface area contributed by atoms with Crippen molar-refractivity contribution in [1.82, 2.24) is 5.32 Å². The molecule has 0 saturated carbocycles. The molecule has 9 heteroatoms. The average Bonchev–Trinajstić information content (AvgIpc) is 2.81. The molecule has 0 aromatic heterocycles. The number of ether oxygens (including phenoxy) is 2. The molecular weight excluding hydrogens is 390 g/mol. The van der Waals surface area contributed by atoms with E-state index in [1.807, 2.05) is 0 Å². The minimum atomic E-state index is -1.08. The predicted molar refractivity (Wildman–Crippen MR) is 111 cm³/mol. The van der Waals surface area contributed by atoms with Crippen molar-refractivity contribution < 1.29 is 29.0 Å². The van der Waals surface area contributed by atoms with Crippen LogP contribution in [0.2, 0.25) is 0 Å². The summed E-state index contributed by atoms with van der Waals surface area (Å²) in [5, 5.41) is 12.4. The number of aliphatic carboxylic acids is 1. The van der Waals surface area contributed by atoms with Gasteiger partial charge in [-0.25, -0.2) is 0 Å². The van der Waals surface area contributed by atoms with Crippen molar-refractivity contribution in [2.75, 3.05) is 24.6 Å². The minimum absolute atomic E-state index is 0.146. The fraction of sp³-hybridized carbons (Fsp3) is 0.571. The number of hydrogen-bond donors (Lipinski definition) is 3. The highest BCUT2D eigenvalue weighted by Crippen LogP contribution is 2.30. The number of para-hydroxylation sites is 2. The van der Waals surface area contributed by atoms with Crippen molar-refractivity contribution >= 4 is 23.5 Å². The minimum Gasteiger partial charge on any atom is -0.489 e.